The van der Waals surface area contributed by atoms with Gasteiger partial charge in [-0.25, -0.2) is 4.79 Å². The van der Waals surface area contributed by atoms with E-state index in [1.54, 1.807) is 0 Å². The number of unbranched alkanes of at least 4 members (excludes halogenated alkanes) is 2. The second-order valence-electron chi connectivity index (χ2n) is 3.75. The number of hydrogen-bond donors (Lipinski definition) is 1. The summed E-state index contributed by atoms with van der Waals surface area (Å²) in [4.78, 5) is 11.2. The van der Waals surface area contributed by atoms with Crippen LogP contribution in [0.2, 0.25) is 0 Å². The molecule has 80 valence electrons. The van der Waals surface area contributed by atoms with Crippen molar-refractivity contribution >= 4 is 5.97 Å². The molecule has 1 aliphatic rings. The first-order chi connectivity index (χ1) is 6.74. The molecule has 1 fully saturated rings. The van der Waals surface area contributed by atoms with Crippen LogP contribution >= 0.6 is 0 Å². The fraction of sp³-hybridized carbons (Fsp3) is 0.727. The molecule has 0 aliphatic carbocycles. The van der Waals surface area contributed by atoms with E-state index in [0.29, 0.717) is 0 Å². The molecule has 1 rings (SSSR count). The zero-order valence-electron chi connectivity index (χ0n) is 9.01. The summed E-state index contributed by atoms with van der Waals surface area (Å²) in [6.07, 6.45) is 6.20. The highest BCUT2D eigenvalue weighted by Crippen LogP contribution is 2.18. The van der Waals surface area contributed by atoms with Crippen molar-refractivity contribution in [3.8, 4) is 0 Å². The van der Waals surface area contributed by atoms with Crippen molar-refractivity contribution in [2.24, 2.45) is 0 Å². The highest BCUT2D eigenvalue weighted by Gasteiger charge is 2.24. The Bertz CT molecular complexity index is 223. The van der Waals surface area contributed by atoms with E-state index in [1.165, 1.54) is 12.8 Å². The van der Waals surface area contributed by atoms with E-state index >= 15 is 0 Å². The first kappa shape index (κ1) is 11.1. The SMILES string of the molecule is CCCCCN/C=C1/CC(C)OC1=O. The Morgan fingerprint density at radius 2 is 2.36 bits per heavy atom. The summed E-state index contributed by atoms with van der Waals surface area (Å²) in [5, 5.41) is 3.15. The summed E-state index contributed by atoms with van der Waals surface area (Å²) in [5.41, 5.74) is 0.772. The molecule has 0 aromatic carbocycles. The van der Waals surface area contributed by atoms with Crippen molar-refractivity contribution in [1.82, 2.24) is 5.32 Å². The minimum absolute atomic E-state index is 0.0474. The molecule has 0 aromatic rings. The molecular weight excluding hydrogens is 178 g/mol. The van der Waals surface area contributed by atoms with Crippen molar-refractivity contribution < 1.29 is 9.53 Å². The number of cyclic esters (lactones) is 1. The van der Waals surface area contributed by atoms with Crippen LogP contribution in [0.15, 0.2) is 11.8 Å². The summed E-state index contributed by atoms with van der Waals surface area (Å²) in [7, 11) is 0. The molecule has 1 unspecified atom stereocenters. The minimum atomic E-state index is -0.166. The number of ether oxygens (including phenoxy) is 1. The van der Waals surface area contributed by atoms with E-state index < -0.39 is 0 Å². The molecule has 3 heteroatoms. The van der Waals surface area contributed by atoms with Crippen LogP contribution in [0, 0.1) is 0 Å². The van der Waals surface area contributed by atoms with Crippen molar-refractivity contribution in [3.63, 3.8) is 0 Å². The molecule has 0 saturated carbocycles. The molecular formula is C11H19NO2. The highest BCUT2D eigenvalue weighted by molar-refractivity contribution is 5.90. The Labute approximate surface area is 85.5 Å². The van der Waals surface area contributed by atoms with Gasteiger partial charge in [-0.05, 0) is 13.3 Å². The first-order valence-corrected chi connectivity index (χ1v) is 5.37. The van der Waals surface area contributed by atoms with E-state index in [1.807, 2.05) is 13.1 Å². The van der Waals surface area contributed by atoms with Crippen molar-refractivity contribution in [3.05, 3.63) is 11.8 Å². The molecule has 1 saturated heterocycles. The zero-order valence-corrected chi connectivity index (χ0v) is 9.01. The molecule has 3 nitrogen and oxygen atoms in total. The smallest absolute Gasteiger partial charge is 0.335 e. The van der Waals surface area contributed by atoms with Crippen LogP contribution in [0.1, 0.15) is 39.5 Å². The molecule has 0 spiro atoms. The molecule has 0 bridgehead atoms. The normalized spacial score (nSPS) is 24.0. The molecule has 1 heterocycles. The summed E-state index contributed by atoms with van der Waals surface area (Å²) in [6.45, 7) is 5.03. The van der Waals surface area contributed by atoms with Gasteiger partial charge in [0.05, 0.1) is 5.57 Å². The quantitative estimate of drug-likeness (QED) is 0.416. The van der Waals surface area contributed by atoms with Gasteiger partial charge in [-0.1, -0.05) is 19.8 Å². The fourth-order valence-corrected chi connectivity index (χ4v) is 1.48. The molecule has 1 atom stereocenters. The second-order valence-corrected chi connectivity index (χ2v) is 3.75. The molecule has 1 aliphatic heterocycles. The Balaban J connectivity index is 2.20. The Morgan fingerprint density at radius 3 is 2.93 bits per heavy atom. The summed E-state index contributed by atoms with van der Waals surface area (Å²) in [6, 6.07) is 0. The second kappa shape index (κ2) is 5.68. The van der Waals surface area contributed by atoms with Crippen LogP contribution in [0.4, 0.5) is 0 Å². The molecule has 0 amide bonds. The molecule has 0 aromatic heterocycles. The number of carbonyl (C=O) groups is 1. The van der Waals surface area contributed by atoms with Gasteiger partial charge in [0.25, 0.3) is 0 Å². The minimum Gasteiger partial charge on any atom is -0.459 e. The van der Waals surface area contributed by atoms with Crippen LogP contribution in [0.5, 0.6) is 0 Å². The molecule has 14 heavy (non-hydrogen) atoms. The summed E-state index contributed by atoms with van der Waals surface area (Å²) < 4.78 is 5.00. The van der Waals surface area contributed by atoms with E-state index in [0.717, 1.165) is 25.0 Å². The Kier molecular flexibility index (Phi) is 4.50. The van der Waals surface area contributed by atoms with E-state index in [2.05, 4.69) is 12.2 Å². The average molecular weight is 197 g/mol. The van der Waals surface area contributed by atoms with Gasteiger partial charge < -0.3 is 10.1 Å². The van der Waals surface area contributed by atoms with Gasteiger partial charge >= 0.3 is 5.97 Å². The van der Waals surface area contributed by atoms with Crippen LogP contribution in [0.3, 0.4) is 0 Å². The van der Waals surface area contributed by atoms with Gasteiger partial charge in [0, 0.05) is 19.2 Å². The predicted molar refractivity (Wildman–Crippen MR) is 55.8 cm³/mol. The third kappa shape index (κ3) is 3.40. The number of hydrogen-bond acceptors (Lipinski definition) is 3. The largest absolute Gasteiger partial charge is 0.459 e. The third-order valence-electron chi connectivity index (χ3n) is 2.28. The number of rotatable bonds is 5. The summed E-state index contributed by atoms with van der Waals surface area (Å²) >= 11 is 0. The van der Waals surface area contributed by atoms with Crippen LogP contribution < -0.4 is 5.32 Å². The maximum Gasteiger partial charge on any atom is 0.335 e. The maximum atomic E-state index is 11.2. The monoisotopic (exact) mass is 197 g/mol. The highest BCUT2D eigenvalue weighted by atomic mass is 16.5. The van der Waals surface area contributed by atoms with Crippen LogP contribution in [-0.4, -0.2) is 18.6 Å². The van der Waals surface area contributed by atoms with E-state index in [4.69, 9.17) is 4.74 Å². The summed E-state index contributed by atoms with van der Waals surface area (Å²) in [5.74, 6) is -0.166. The fourth-order valence-electron chi connectivity index (χ4n) is 1.48. The first-order valence-electron chi connectivity index (χ1n) is 5.37. The lowest BCUT2D eigenvalue weighted by Crippen LogP contribution is -2.09. The topological polar surface area (TPSA) is 38.3 Å². The number of esters is 1. The van der Waals surface area contributed by atoms with Crippen LogP contribution in [0.25, 0.3) is 0 Å². The molecule has 0 radical (unpaired) electrons. The van der Waals surface area contributed by atoms with Gasteiger partial charge in [-0.2, -0.15) is 0 Å². The van der Waals surface area contributed by atoms with E-state index in [9.17, 15) is 4.79 Å². The predicted octanol–water partition coefficient (Wildman–Crippen LogP) is 1.99. The zero-order chi connectivity index (χ0) is 10.4. The van der Waals surface area contributed by atoms with Gasteiger partial charge in [-0.15, -0.1) is 0 Å². The lowest BCUT2D eigenvalue weighted by molar-refractivity contribution is -0.138. The van der Waals surface area contributed by atoms with Crippen molar-refractivity contribution in [2.75, 3.05) is 6.54 Å². The van der Waals surface area contributed by atoms with Crippen LogP contribution in [-0.2, 0) is 9.53 Å². The average Bonchev–Trinajstić information content (AvgIpc) is 2.45. The van der Waals surface area contributed by atoms with Crippen molar-refractivity contribution in [1.29, 1.82) is 0 Å². The molecule has 1 N–H and O–H groups in total. The third-order valence-corrected chi connectivity index (χ3v) is 2.28. The van der Waals surface area contributed by atoms with Gasteiger partial charge in [0.1, 0.15) is 6.10 Å². The lowest BCUT2D eigenvalue weighted by Gasteiger charge is -1.99. The number of carbonyl (C=O) groups excluding carboxylic acids is 1. The Hall–Kier alpha value is -0.990. The van der Waals surface area contributed by atoms with Gasteiger partial charge in [0.2, 0.25) is 0 Å². The van der Waals surface area contributed by atoms with E-state index in [-0.39, 0.29) is 12.1 Å². The van der Waals surface area contributed by atoms with Gasteiger partial charge in [0.15, 0.2) is 0 Å². The standard InChI is InChI=1S/C11H19NO2/c1-3-4-5-6-12-8-10-7-9(2)14-11(10)13/h8-9,12H,3-7H2,1-2H3/b10-8-. The lowest BCUT2D eigenvalue weighted by atomic mass is 10.2. The maximum absolute atomic E-state index is 11.2. The number of nitrogens with one attached hydrogen (secondary N) is 1. The van der Waals surface area contributed by atoms with Gasteiger partial charge in [-0.3, -0.25) is 0 Å². The van der Waals surface area contributed by atoms with Crippen molar-refractivity contribution in [2.45, 2.75) is 45.6 Å². The Morgan fingerprint density at radius 1 is 1.57 bits per heavy atom.